The van der Waals surface area contributed by atoms with E-state index in [4.69, 9.17) is 5.41 Å². The third-order valence-electron chi connectivity index (χ3n) is 9.62. The SMILES string of the molecule is C=C/C(=C\C=N)C1(CC/C=C\C=C/C)C2=C(C=CCC2)c2ccc(C/C=C\C=C(/C)C3=CCCc4sc(CC)c(/C=C\C)c43)cc21.CC.CC.CC. The standard InChI is InChI=1S/C44H49NS.3C2H6/c1-6-10-11-12-17-29-44(34(8-3)28-30-45)39-24-16-15-22-36(39)37-27-26-33(31-40(37)44)21-14-13-20-32(5)35-23-18-25-42-43(35)38(19-7-2)41(9-4)46-42;3*1-2/h6-8,10-15,19-20,22-23,26-28,30-31,45H,3,9,16-18,21,24-25,29H2,1-2,4-5H3;3*1-2H3/b10-6-,12-11-,14-13-,19-7-,32-20+,34-28+,45-30?;;;. The van der Waals surface area contributed by atoms with E-state index in [2.05, 4.69) is 125 Å². The molecule has 3 aliphatic rings. The van der Waals surface area contributed by atoms with Crippen LogP contribution in [0.2, 0.25) is 0 Å². The van der Waals surface area contributed by atoms with Crippen LogP contribution < -0.4 is 0 Å². The van der Waals surface area contributed by atoms with Crippen LogP contribution in [-0.4, -0.2) is 6.21 Å². The lowest BCUT2D eigenvalue weighted by Crippen LogP contribution is -2.29. The summed E-state index contributed by atoms with van der Waals surface area (Å²) in [5.41, 5.74) is 13.4. The Balaban J connectivity index is 0.00000148. The molecule has 1 nitrogen and oxygen atoms in total. The van der Waals surface area contributed by atoms with Crippen molar-refractivity contribution in [2.45, 2.75) is 126 Å². The van der Waals surface area contributed by atoms with Crippen molar-refractivity contribution in [3.05, 3.63) is 158 Å². The number of hydrogen-bond acceptors (Lipinski definition) is 2. The van der Waals surface area contributed by atoms with Gasteiger partial charge in [-0.1, -0.05) is 152 Å². The zero-order chi connectivity index (χ0) is 38.5. The summed E-state index contributed by atoms with van der Waals surface area (Å²) in [5.74, 6) is 0. The highest BCUT2D eigenvalue weighted by atomic mass is 32.1. The van der Waals surface area contributed by atoms with E-state index in [0.29, 0.717) is 0 Å². The first-order valence-corrected chi connectivity index (χ1v) is 20.8. The highest BCUT2D eigenvalue weighted by molar-refractivity contribution is 7.12. The predicted molar refractivity (Wildman–Crippen MR) is 239 cm³/mol. The fourth-order valence-corrected chi connectivity index (χ4v) is 8.85. The molecule has 0 fully saturated rings. The average molecular weight is 714 g/mol. The topological polar surface area (TPSA) is 23.9 Å². The quantitative estimate of drug-likeness (QED) is 0.158. The third kappa shape index (κ3) is 9.90. The normalized spacial score (nSPS) is 17.9. The molecule has 52 heavy (non-hydrogen) atoms. The van der Waals surface area contributed by atoms with Gasteiger partial charge in [0, 0.05) is 26.9 Å². The second-order valence-electron chi connectivity index (χ2n) is 12.3. The van der Waals surface area contributed by atoms with Crippen molar-refractivity contribution < 1.29 is 0 Å². The van der Waals surface area contributed by atoms with Gasteiger partial charge in [-0.15, -0.1) is 11.3 Å². The Morgan fingerprint density at radius 3 is 2.38 bits per heavy atom. The van der Waals surface area contributed by atoms with Gasteiger partial charge in [0.25, 0.3) is 0 Å². The Morgan fingerprint density at radius 1 is 0.942 bits per heavy atom. The molecule has 1 unspecified atom stereocenters. The average Bonchev–Trinajstić information content (AvgIpc) is 3.70. The monoisotopic (exact) mass is 713 g/mol. The lowest BCUT2D eigenvalue weighted by Gasteiger charge is -2.36. The molecule has 1 heterocycles. The van der Waals surface area contributed by atoms with Crippen LogP contribution in [-0.2, 0) is 24.7 Å². The summed E-state index contributed by atoms with van der Waals surface area (Å²) in [7, 11) is 0. The molecule has 2 aromatic rings. The summed E-state index contributed by atoms with van der Waals surface area (Å²) in [6.07, 6.45) is 40.6. The fraction of sp³-hybridized carbons (Fsp3) is 0.380. The van der Waals surface area contributed by atoms with Gasteiger partial charge in [0.15, 0.2) is 0 Å². The lowest BCUT2D eigenvalue weighted by molar-refractivity contribution is 0.543. The maximum Gasteiger partial charge on any atom is 0.0429 e. The molecule has 0 amide bonds. The van der Waals surface area contributed by atoms with Gasteiger partial charge in [-0.25, -0.2) is 0 Å². The first kappa shape index (κ1) is 44.2. The van der Waals surface area contributed by atoms with Gasteiger partial charge < -0.3 is 5.41 Å². The van der Waals surface area contributed by atoms with E-state index >= 15 is 0 Å². The molecule has 1 N–H and O–H groups in total. The fourth-order valence-electron chi connectivity index (χ4n) is 7.58. The van der Waals surface area contributed by atoms with Crippen LogP contribution in [0.15, 0.2) is 120 Å². The van der Waals surface area contributed by atoms with E-state index in [1.807, 2.05) is 65.0 Å². The van der Waals surface area contributed by atoms with Crippen molar-refractivity contribution in [2.24, 2.45) is 0 Å². The molecular weight excluding hydrogens is 647 g/mol. The summed E-state index contributed by atoms with van der Waals surface area (Å²) in [6, 6.07) is 7.09. The molecule has 0 saturated heterocycles. The summed E-state index contributed by atoms with van der Waals surface area (Å²) in [6.45, 7) is 25.0. The van der Waals surface area contributed by atoms with E-state index in [1.54, 1.807) is 4.88 Å². The summed E-state index contributed by atoms with van der Waals surface area (Å²) in [4.78, 5) is 3.04. The van der Waals surface area contributed by atoms with E-state index in [9.17, 15) is 0 Å². The van der Waals surface area contributed by atoms with Crippen molar-refractivity contribution in [1.82, 2.24) is 0 Å². The maximum atomic E-state index is 7.99. The summed E-state index contributed by atoms with van der Waals surface area (Å²) < 4.78 is 0. The first-order chi connectivity index (χ1) is 25.5. The Morgan fingerprint density at radius 2 is 1.71 bits per heavy atom. The maximum absolute atomic E-state index is 7.99. The number of thiophene rings is 1. The van der Waals surface area contributed by atoms with E-state index < -0.39 is 0 Å². The second-order valence-corrected chi connectivity index (χ2v) is 13.5. The smallest absolute Gasteiger partial charge is 0.0429 e. The molecule has 1 aromatic heterocycles. The van der Waals surface area contributed by atoms with E-state index in [-0.39, 0.29) is 5.41 Å². The molecule has 0 bridgehead atoms. The number of aryl methyl sites for hydroxylation is 2. The van der Waals surface area contributed by atoms with Gasteiger partial charge in [0.05, 0.1) is 0 Å². The predicted octanol–water partition coefficient (Wildman–Crippen LogP) is 15.5. The van der Waals surface area contributed by atoms with E-state index in [0.717, 1.165) is 56.9 Å². The lowest BCUT2D eigenvalue weighted by atomic mass is 9.66. The molecule has 5 rings (SSSR count). The minimum absolute atomic E-state index is 0.265. The van der Waals surface area contributed by atoms with Gasteiger partial charge in [0.2, 0.25) is 0 Å². The summed E-state index contributed by atoms with van der Waals surface area (Å²) >= 11 is 2.01. The van der Waals surface area contributed by atoms with Crippen molar-refractivity contribution >= 4 is 34.8 Å². The molecule has 278 valence electrons. The number of nitrogens with one attached hydrogen (secondary N) is 1. The van der Waals surface area contributed by atoms with Crippen LogP contribution in [0.1, 0.15) is 139 Å². The Hall–Kier alpha value is -4.01. The highest BCUT2D eigenvalue weighted by Gasteiger charge is 2.45. The largest absolute Gasteiger partial charge is 0.309 e. The first-order valence-electron chi connectivity index (χ1n) is 20.0. The van der Waals surface area contributed by atoms with Crippen LogP contribution >= 0.6 is 11.3 Å². The molecular formula is C50H67NS. The molecule has 2 heteroatoms. The third-order valence-corrected chi connectivity index (χ3v) is 11.0. The molecule has 0 aliphatic heterocycles. The molecule has 0 saturated carbocycles. The Kier molecular flexibility index (Phi) is 20.0. The van der Waals surface area contributed by atoms with Gasteiger partial charge in [-0.3, -0.25) is 0 Å². The zero-order valence-corrected chi connectivity index (χ0v) is 35.0. The van der Waals surface area contributed by atoms with Crippen LogP contribution in [0.3, 0.4) is 0 Å². The number of allylic oxidation sites excluding steroid dienone is 18. The van der Waals surface area contributed by atoms with Crippen molar-refractivity contribution in [3.63, 3.8) is 0 Å². The minimum Gasteiger partial charge on any atom is -0.309 e. The van der Waals surface area contributed by atoms with Crippen LogP contribution in [0.4, 0.5) is 0 Å². The van der Waals surface area contributed by atoms with Gasteiger partial charge >= 0.3 is 0 Å². The van der Waals surface area contributed by atoms with Gasteiger partial charge in [0.1, 0.15) is 0 Å². The van der Waals surface area contributed by atoms with Crippen molar-refractivity contribution in [3.8, 4) is 0 Å². The molecule has 3 aliphatic carbocycles. The molecule has 0 spiro atoms. The number of rotatable bonds is 13. The van der Waals surface area contributed by atoms with Crippen LogP contribution in [0.5, 0.6) is 0 Å². The van der Waals surface area contributed by atoms with E-state index in [1.165, 1.54) is 61.2 Å². The minimum atomic E-state index is -0.265. The second kappa shape index (κ2) is 23.5. The van der Waals surface area contributed by atoms with Gasteiger partial charge in [-0.05, 0) is 128 Å². The summed E-state index contributed by atoms with van der Waals surface area (Å²) in [5, 5.41) is 7.99. The Labute approximate surface area is 323 Å². The van der Waals surface area contributed by atoms with Gasteiger partial charge in [-0.2, -0.15) is 0 Å². The zero-order valence-electron chi connectivity index (χ0n) is 34.2. The number of hydrogen-bond donors (Lipinski definition) is 1. The molecule has 0 radical (unpaired) electrons. The highest BCUT2D eigenvalue weighted by Crippen LogP contribution is 2.56. The van der Waals surface area contributed by atoms with Crippen LogP contribution in [0, 0.1) is 5.41 Å². The number of fused-ring (bicyclic) bond motifs is 3. The molecule has 1 atom stereocenters. The van der Waals surface area contributed by atoms with Crippen molar-refractivity contribution in [1.29, 1.82) is 5.41 Å². The van der Waals surface area contributed by atoms with Crippen molar-refractivity contribution in [2.75, 3.05) is 0 Å². The van der Waals surface area contributed by atoms with Crippen LogP contribution in [0.25, 0.3) is 17.2 Å². The Bertz CT molecular complexity index is 1750. The molecule has 1 aromatic carbocycles. The number of benzene rings is 1.